The molecule has 1 unspecified atom stereocenters. The highest BCUT2D eigenvalue weighted by atomic mass is 32.2. The maximum Gasteiger partial charge on any atom is 0.264 e. The molecule has 0 saturated carbocycles. The smallest absolute Gasteiger partial charge is 0.264 e. The molecule has 0 radical (unpaired) electrons. The fourth-order valence-corrected chi connectivity index (χ4v) is 4.07. The molecule has 0 N–H and O–H groups in total. The van der Waals surface area contributed by atoms with Crippen LogP contribution in [0.4, 0.5) is 0 Å². The second-order valence-corrected chi connectivity index (χ2v) is 7.67. The van der Waals surface area contributed by atoms with Crippen molar-refractivity contribution >= 4 is 34.9 Å². The summed E-state index contributed by atoms with van der Waals surface area (Å²) in [6, 6.07) is 10.3. The second-order valence-electron chi connectivity index (χ2n) is 6.61. The van der Waals surface area contributed by atoms with Gasteiger partial charge < -0.3 is 4.74 Å². The number of hydrogen-bond acceptors (Lipinski definition) is 7. The molecule has 3 aliphatic rings. The summed E-state index contributed by atoms with van der Waals surface area (Å²) in [5.74, 6) is 0.974. The lowest BCUT2D eigenvalue weighted by Gasteiger charge is -2.26. The van der Waals surface area contributed by atoms with E-state index in [4.69, 9.17) is 4.74 Å². The van der Waals surface area contributed by atoms with Gasteiger partial charge in [0, 0.05) is 38.1 Å². The average Bonchev–Trinajstić information content (AvgIpc) is 3.12. The normalized spacial score (nSPS) is 22.6. The summed E-state index contributed by atoms with van der Waals surface area (Å²) in [5, 5.41) is 6.78. The van der Waals surface area contributed by atoms with Crippen molar-refractivity contribution in [3.63, 3.8) is 0 Å². The molecule has 1 aromatic carbocycles. The van der Waals surface area contributed by atoms with Gasteiger partial charge in [-0.2, -0.15) is 10.1 Å². The van der Waals surface area contributed by atoms with Crippen molar-refractivity contribution in [3.8, 4) is 0 Å². The van der Waals surface area contributed by atoms with E-state index in [0.29, 0.717) is 17.5 Å². The zero-order chi connectivity index (χ0) is 18.5. The Morgan fingerprint density at radius 3 is 2.74 bits per heavy atom. The Kier molecular flexibility index (Phi) is 5.96. The molecule has 1 fully saturated rings. The number of benzene rings is 1. The maximum atomic E-state index is 12.3. The second kappa shape index (κ2) is 8.77. The molecule has 8 heteroatoms. The molecule has 0 bridgehead atoms. The van der Waals surface area contributed by atoms with Gasteiger partial charge in [-0.3, -0.25) is 14.7 Å². The van der Waals surface area contributed by atoms with Gasteiger partial charge in [-0.1, -0.05) is 42.1 Å². The minimum Gasteiger partial charge on any atom is -0.379 e. The number of carbonyl (C=O) groups is 1. The van der Waals surface area contributed by atoms with Gasteiger partial charge in [0.2, 0.25) is 0 Å². The Bertz CT molecular complexity index is 759. The first-order chi connectivity index (χ1) is 13.3. The number of amidine groups is 2. The van der Waals surface area contributed by atoms with Gasteiger partial charge in [0.25, 0.3) is 5.91 Å². The molecule has 3 aliphatic heterocycles. The molecule has 0 aliphatic carbocycles. The molecule has 0 aromatic heterocycles. The van der Waals surface area contributed by atoms with Crippen LogP contribution in [0.5, 0.6) is 0 Å². The Hall–Kier alpha value is -2.03. The molecule has 1 atom stereocenters. The van der Waals surface area contributed by atoms with E-state index in [9.17, 15) is 4.79 Å². The number of morpholine rings is 1. The summed E-state index contributed by atoms with van der Waals surface area (Å²) < 4.78 is 5.37. The molecule has 0 spiro atoms. The van der Waals surface area contributed by atoms with Gasteiger partial charge >= 0.3 is 0 Å². The third-order valence-electron chi connectivity index (χ3n) is 4.78. The Balaban J connectivity index is 1.33. The van der Waals surface area contributed by atoms with Gasteiger partial charge in [-0.25, -0.2) is 4.99 Å². The van der Waals surface area contributed by atoms with Crippen molar-refractivity contribution in [1.29, 1.82) is 0 Å². The van der Waals surface area contributed by atoms with Gasteiger partial charge in [0.1, 0.15) is 11.8 Å². The monoisotopic (exact) mass is 385 g/mol. The maximum absolute atomic E-state index is 12.3. The molecule has 1 saturated heterocycles. The lowest BCUT2D eigenvalue weighted by Crippen LogP contribution is -2.38. The predicted molar refractivity (Wildman–Crippen MR) is 108 cm³/mol. The molecular formula is C19H23N5O2S. The highest BCUT2D eigenvalue weighted by Crippen LogP contribution is 2.22. The number of nitrogens with zero attached hydrogens (tertiary/aromatic N) is 5. The SMILES string of the molecule is O=C1N=C(SCCN2CCOCC2)N=C2C1C=NN2CCc1ccccc1. The van der Waals surface area contributed by atoms with Crippen molar-refractivity contribution in [2.45, 2.75) is 6.42 Å². The molecule has 1 aromatic rings. The van der Waals surface area contributed by atoms with Crippen molar-refractivity contribution in [2.24, 2.45) is 21.0 Å². The lowest BCUT2D eigenvalue weighted by atomic mass is 10.1. The number of amides is 1. The Morgan fingerprint density at radius 2 is 1.93 bits per heavy atom. The number of hydrazone groups is 1. The van der Waals surface area contributed by atoms with Crippen LogP contribution < -0.4 is 0 Å². The lowest BCUT2D eigenvalue weighted by molar-refractivity contribution is -0.118. The predicted octanol–water partition coefficient (Wildman–Crippen LogP) is 1.51. The molecule has 142 valence electrons. The van der Waals surface area contributed by atoms with Crippen LogP contribution >= 0.6 is 11.8 Å². The number of ether oxygens (including phenoxy) is 1. The van der Waals surface area contributed by atoms with Crippen LogP contribution in [-0.4, -0.2) is 78.2 Å². The van der Waals surface area contributed by atoms with Crippen molar-refractivity contribution in [3.05, 3.63) is 35.9 Å². The summed E-state index contributed by atoms with van der Waals surface area (Å²) in [6.07, 6.45) is 2.51. The van der Waals surface area contributed by atoms with Crippen LogP contribution in [-0.2, 0) is 16.0 Å². The van der Waals surface area contributed by atoms with E-state index in [-0.39, 0.29) is 5.91 Å². The first-order valence-electron chi connectivity index (χ1n) is 9.29. The number of fused-ring (bicyclic) bond motifs is 1. The van der Waals surface area contributed by atoms with E-state index in [1.54, 1.807) is 6.21 Å². The summed E-state index contributed by atoms with van der Waals surface area (Å²) in [6.45, 7) is 5.16. The first kappa shape index (κ1) is 18.3. The van der Waals surface area contributed by atoms with Crippen LogP contribution in [0.25, 0.3) is 0 Å². The third-order valence-corrected chi connectivity index (χ3v) is 5.60. The van der Waals surface area contributed by atoms with Gasteiger partial charge in [0.15, 0.2) is 5.17 Å². The quantitative estimate of drug-likeness (QED) is 0.742. The highest BCUT2D eigenvalue weighted by Gasteiger charge is 2.35. The van der Waals surface area contributed by atoms with E-state index in [1.807, 2.05) is 23.2 Å². The van der Waals surface area contributed by atoms with Crippen molar-refractivity contribution in [1.82, 2.24) is 9.91 Å². The van der Waals surface area contributed by atoms with Crippen molar-refractivity contribution < 1.29 is 9.53 Å². The van der Waals surface area contributed by atoms with E-state index < -0.39 is 5.92 Å². The van der Waals surface area contributed by atoms with Crippen molar-refractivity contribution in [2.75, 3.05) is 45.1 Å². The molecule has 27 heavy (non-hydrogen) atoms. The van der Waals surface area contributed by atoms with Crippen LogP contribution in [0, 0.1) is 5.92 Å². The topological polar surface area (TPSA) is 69.9 Å². The zero-order valence-electron chi connectivity index (χ0n) is 15.2. The van der Waals surface area contributed by atoms with Gasteiger partial charge in [-0.05, 0) is 12.0 Å². The minimum absolute atomic E-state index is 0.167. The van der Waals surface area contributed by atoms with E-state index >= 15 is 0 Å². The number of rotatable bonds is 6. The fraction of sp³-hybridized carbons (Fsp3) is 0.474. The largest absolute Gasteiger partial charge is 0.379 e. The summed E-state index contributed by atoms with van der Waals surface area (Å²) >= 11 is 1.54. The Morgan fingerprint density at radius 1 is 1.11 bits per heavy atom. The zero-order valence-corrected chi connectivity index (χ0v) is 16.0. The van der Waals surface area contributed by atoms with E-state index in [0.717, 1.165) is 45.0 Å². The Labute approximate surface area is 163 Å². The number of carbonyl (C=O) groups excluding carboxylic acids is 1. The summed E-state index contributed by atoms with van der Waals surface area (Å²) in [5.41, 5.74) is 1.24. The summed E-state index contributed by atoms with van der Waals surface area (Å²) in [4.78, 5) is 23.5. The van der Waals surface area contributed by atoms with E-state index in [1.165, 1.54) is 17.3 Å². The third kappa shape index (κ3) is 4.63. The molecular weight excluding hydrogens is 362 g/mol. The number of hydrogen-bond donors (Lipinski definition) is 0. The molecule has 1 amide bonds. The number of aliphatic imine (C=N–C) groups is 2. The highest BCUT2D eigenvalue weighted by molar-refractivity contribution is 8.13. The van der Waals surface area contributed by atoms with Crippen LogP contribution in [0.15, 0.2) is 45.4 Å². The standard InChI is InChI=1S/C19H23N5O2S/c25-18-16-14-20-24(7-6-15-4-2-1-3-5-15)17(16)21-19(22-18)27-13-10-23-8-11-26-12-9-23/h1-5,14,16H,6-13H2. The van der Waals surface area contributed by atoms with E-state index in [2.05, 4.69) is 32.1 Å². The van der Waals surface area contributed by atoms with Gasteiger partial charge in [0.05, 0.1) is 13.2 Å². The van der Waals surface area contributed by atoms with Crippen LogP contribution in [0.2, 0.25) is 0 Å². The molecule has 3 heterocycles. The molecule has 7 nitrogen and oxygen atoms in total. The fourth-order valence-electron chi connectivity index (χ4n) is 3.23. The van der Waals surface area contributed by atoms with Crippen LogP contribution in [0.1, 0.15) is 5.56 Å². The summed E-state index contributed by atoms with van der Waals surface area (Å²) in [7, 11) is 0. The molecule has 4 rings (SSSR count). The number of thioether (sulfide) groups is 1. The van der Waals surface area contributed by atoms with Crippen LogP contribution in [0.3, 0.4) is 0 Å². The average molecular weight is 385 g/mol. The first-order valence-corrected chi connectivity index (χ1v) is 10.3. The minimum atomic E-state index is -0.427. The van der Waals surface area contributed by atoms with Gasteiger partial charge in [-0.15, -0.1) is 0 Å².